The lowest BCUT2D eigenvalue weighted by atomic mass is 10.2. The first-order valence-electron chi connectivity index (χ1n) is 10.2. The molecule has 7 nitrogen and oxygen atoms in total. The Kier molecular flexibility index (Phi) is 5.28. The number of anilines is 5. The third kappa shape index (κ3) is 4.39. The molecule has 8 heteroatoms. The van der Waals surface area contributed by atoms with E-state index in [9.17, 15) is 4.39 Å². The Morgan fingerprint density at radius 1 is 0.871 bits per heavy atom. The third-order valence-electron chi connectivity index (χ3n) is 5.23. The highest BCUT2D eigenvalue weighted by molar-refractivity contribution is 5.84. The number of hydrogen-bond donors (Lipinski definition) is 3. The predicted octanol–water partition coefficient (Wildman–Crippen LogP) is 4.06. The Bertz CT molecular complexity index is 1190. The van der Waals surface area contributed by atoms with Gasteiger partial charge in [0.25, 0.3) is 0 Å². The molecule has 3 heterocycles. The molecule has 0 radical (unpaired) electrons. The van der Waals surface area contributed by atoms with E-state index in [1.54, 1.807) is 6.20 Å². The molecule has 0 bridgehead atoms. The summed E-state index contributed by atoms with van der Waals surface area (Å²) in [5.41, 5.74) is 1.91. The Morgan fingerprint density at radius 2 is 1.65 bits per heavy atom. The molecule has 0 spiro atoms. The summed E-state index contributed by atoms with van der Waals surface area (Å²) >= 11 is 0. The number of hydrogen-bond acceptors (Lipinski definition) is 7. The Hall–Kier alpha value is -3.78. The van der Waals surface area contributed by atoms with Crippen LogP contribution in [0.5, 0.6) is 0 Å². The molecule has 3 N–H and O–H groups in total. The molecule has 2 aromatic heterocycles. The molecule has 156 valence electrons. The van der Waals surface area contributed by atoms with Crippen LogP contribution in [0, 0.1) is 5.82 Å². The third-order valence-corrected chi connectivity index (χ3v) is 5.23. The lowest BCUT2D eigenvalue weighted by Gasteiger charge is -2.29. The van der Waals surface area contributed by atoms with Crippen molar-refractivity contribution in [1.82, 2.24) is 20.3 Å². The van der Waals surface area contributed by atoms with Crippen LogP contribution in [0.1, 0.15) is 0 Å². The second-order valence-corrected chi connectivity index (χ2v) is 7.34. The molecular weight excluding hydrogens is 393 g/mol. The van der Waals surface area contributed by atoms with Crippen LogP contribution in [0.15, 0.2) is 67.0 Å². The van der Waals surface area contributed by atoms with Gasteiger partial charge in [-0.3, -0.25) is 0 Å². The van der Waals surface area contributed by atoms with Gasteiger partial charge in [0.1, 0.15) is 5.82 Å². The second kappa shape index (κ2) is 8.53. The van der Waals surface area contributed by atoms with E-state index in [1.807, 2.05) is 54.6 Å². The highest BCUT2D eigenvalue weighted by atomic mass is 19.1. The lowest BCUT2D eigenvalue weighted by molar-refractivity contribution is 0.589. The van der Waals surface area contributed by atoms with Crippen molar-refractivity contribution < 1.29 is 4.39 Å². The molecule has 1 fully saturated rings. The molecule has 0 saturated carbocycles. The summed E-state index contributed by atoms with van der Waals surface area (Å²) < 4.78 is 14.3. The molecule has 1 aliphatic rings. The average Bonchev–Trinajstić information content (AvgIpc) is 2.82. The van der Waals surface area contributed by atoms with Crippen molar-refractivity contribution in [3.8, 4) is 0 Å². The first-order chi connectivity index (χ1) is 15.2. The number of halogens is 1. The van der Waals surface area contributed by atoms with Crippen LogP contribution in [0.2, 0.25) is 0 Å². The summed E-state index contributed by atoms with van der Waals surface area (Å²) in [6, 6.07) is 17.8. The van der Waals surface area contributed by atoms with Gasteiger partial charge in [-0.05, 0) is 35.7 Å². The monoisotopic (exact) mass is 415 g/mol. The lowest BCUT2D eigenvalue weighted by Crippen LogP contribution is -2.43. The van der Waals surface area contributed by atoms with Crippen LogP contribution in [-0.2, 0) is 0 Å². The zero-order valence-electron chi connectivity index (χ0n) is 16.8. The van der Waals surface area contributed by atoms with Gasteiger partial charge < -0.3 is 20.9 Å². The van der Waals surface area contributed by atoms with E-state index in [4.69, 9.17) is 0 Å². The van der Waals surface area contributed by atoms with Crippen molar-refractivity contribution in [3.05, 3.63) is 72.8 Å². The number of pyridine rings is 1. The van der Waals surface area contributed by atoms with Crippen LogP contribution < -0.4 is 20.9 Å². The fraction of sp³-hybridized carbons (Fsp3) is 0.174. The van der Waals surface area contributed by atoms with Crippen LogP contribution >= 0.6 is 0 Å². The molecule has 2 aromatic carbocycles. The number of nitrogens with one attached hydrogen (secondary N) is 3. The van der Waals surface area contributed by atoms with Crippen molar-refractivity contribution in [3.63, 3.8) is 0 Å². The topological polar surface area (TPSA) is 78.0 Å². The largest absolute Gasteiger partial charge is 0.369 e. The van der Waals surface area contributed by atoms with Gasteiger partial charge in [0, 0.05) is 49.1 Å². The first kappa shape index (κ1) is 19.2. The minimum absolute atomic E-state index is 0.105. The minimum Gasteiger partial charge on any atom is -0.369 e. The van der Waals surface area contributed by atoms with Gasteiger partial charge in [0.05, 0.1) is 6.20 Å². The van der Waals surface area contributed by atoms with E-state index in [2.05, 4.69) is 35.8 Å². The second-order valence-electron chi connectivity index (χ2n) is 7.34. The van der Waals surface area contributed by atoms with E-state index in [0.717, 1.165) is 54.5 Å². The fourth-order valence-electron chi connectivity index (χ4n) is 3.60. The molecule has 0 atom stereocenters. The van der Waals surface area contributed by atoms with Crippen molar-refractivity contribution >= 4 is 39.7 Å². The van der Waals surface area contributed by atoms with Gasteiger partial charge in [0.15, 0.2) is 11.6 Å². The number of fused-ring (bicyclic) bond motifs is 1. The van der Waals surface area contributed by atoms with Crippen molar-refractivity contribution in [2.24, 2.45) is 0 Å². The molecule has 1 saturated heterocycles. The van der Waals surface area contributed by atoms with Crippen LogP contribution in [0.4, 0.5) is 33.3 Å². The average molecular weight is 415 g/mol. The molecule has 31 heavy (non-hydrogen) atoms. The van der Waals surface area contributed by atoms with E-state index in [-0.39, 0.29) is 11.8 Å². The van der Waals surface area contributed by atoms with Gasteiger partial charge in [-0.15, -0.1) is 0 Å². The number of piperazine rings is 1. The Morgan fingerprint density at radius 3 is 2.45 bits per heavy atom. The maximum absolute atomic E-state index is 14.3. The normalized spacial score (nSPS) is 13.9. The molecule has 0 amide bonds. The highest BCUT2D eigenvalue weighted by Crippen LogP contribution is 2.24. The quantitative estimate of drug-likeness (QED) is 0.454. The van der Waals surface area contributed by atoms with Crippen LogP contribution in [-0.4, -0.2) is 41.1 Å². The Labute approximate surface area is 179 Å². The highest BCUT2D eigenvalue weighted by Gasteiger charge is 2.12. The van der Waals surface area contributed by atoms with Crippen molar-refractivity contribution in [2.45, 2.75) is 0 Å². The summed E-state index contributed by atoms with van der Waals surface area (Å²) in [4.78, 5) is 15.0. The summed E-state index contributed by atoms with van der Waals surface area (Å²) in [6.45, 7) is 3.91. The van der Waals surface area contributed by atoms with Crippen LogP contribution in [0.25, 0.3) is 10.8 Å². The van der Waals surface area contributed by atoms with Gasteiger partial charge in [0.2, 0.25) is 5.95 Å². The summed E-state index contributed by atoms with van der Waals surface area (Å²) in [5, 5.41) is 11.5. The Balaban J connectivity index is 1.32. The smallest absolute Gasteiger partial charge is 0.230 e. The molecule has 5 rings (SSSR count). The van der Waals surface area contributed by atoms with Gasteiger partial charge in [-0.1, -0.05) is 24.3 Å². The van der Waals surface area contributed by atoms with Crippen LogP contribution in [0.3, 0.4) is 0 Å². The van der Waals surface area contributed by atoms with Crippen molar-refractivity contribution in [1.29, 1.82) is 0 Å². The minimum atomic E-state index is -0.525. The number of rotatable bonds is 5. The maximum atomic E-state index is 14.3. The van der Waals surface area contributed by atoms with Crippen molar-refractivity contribution in [2.75, 3.05) is 41.7 Å². The maximum Gasteiger partial charge on any atom is 0.230 e. The molecule has 1 aliphatic heterocycles. The summed E-state index contributed by atoms with van der Waals surface area (Å²) in [7, 11) is 0. The first-order valence-corrected chi connectivity index (χ1v) is 10.2. The van der Waals surface area contributed by atoms with E-state index in [0.29, 0.717) is 5.82 Å². The summed E-state index contributed by atoms with van der Waals surface area (Å²) in [5.74, 6) is 0.442. The van der Waals surface area contributed by atoms with E-state index in [1.165, 1.54) is 0 Å². The fourth-order valence-corrected chi connectivity index (χ4v) is 3.60. The molecule has 4 aromatic rings. The van der Waals surface area contributed by atoms with E-state index >= 15 is 0 Å². The standard InChI is InChI=1S/C23H22FN7/c24-20-15-27-23(29-21-13-16-3-1-2-4-17(16)14-26-21)30-22(20)28-18-5-7-19(8-6-18)31-11-9-25-10-12-31/h1-8,13-15,25H,9-12H2,(H2,26,27,28,29,30). The van der Waals surface area contributed by atoms with Gasteiger partial charge >= 0.3 is 0 Å². The molecule has 0 unspecified atom stereocenters. The molecule has 0 aliphatic carbocycles. The number of benzene rings is 2. The van der Waals surface area contributed by atoms with E-state index < -0.39 is 5.82 Å². The van der Waals surface area contributed by atoms with Gasteiger partial charge in [-0.25, -0.2) is 14.4 Å². The predicted molar refractivity (Wildman–Crippen MR) is 122 cm³/mol. The zero-order chi connectivity index (χ0) is 21.0. The zero-order valence-corrected chi connectivity index (χ0v) is 16.8. The molecular formula is C23H22FN7. The number of aromatic nitrogens is 3. The summed E-state index contributed by atoms with van der Waals surface area (Å²) in [6.07, 6.45) is 2.92. The van der Waals surface area contributed by atoms with Gasteiger partial charge in [-0.2, -0.15) is 4.98 Å². The SMILES string of the molecule is Fc1cnc(Nc2cc3ccccc3cn2)nc1Nc1ccc(N2CCNCC2)cc1. The number of nitrogens with zero attached hydrogens (tertiary/aromatic N) is 4.